The van der Waals surface area contributed by atoms with E-state index in [2.05, 4.69) is 23.8 Å². The van der Waals surface area contributed by atoms with Gasteiger partial charge in [-0.05, 0) is 31.1 Å². The lowest BCUT2D eigenvalue weighted by molar-refractivity contribution is 0.0688. The highest BCUT2D eigenvalue weighted by molar-refractivity contribution is 5.84. The van der Waals surface area contributed by atoms with E-state index < -0.39 is 5.97 Å². The number of nitrogens with zero attached hydrogens (tertiary/aromatic N) is 2. The highest BCUT2D eigenvalue weighted by atomic mass is 16.5. The van der Waals surface area contributed by atoms with Crippen molar-refractivity contribution in [1.82, 2.24) is 9.97 Å². The SMILES string of the molecule is CC1(C)CCC(Oc2cnc(C(=O)O)cn2)CC1. The average Bonchev–Trinajstić information content (AvgIpc) is 2.33. The number of carboxylic acid groups (broad SMARTS) is 1. The highest BCUT2D eigenvalue weighted by Crippen LogP contribution is 2.36. The highest BCUT2D eigenvalue weighted by Gasteiger charge is 2.28. The number of rotatable bonds is 3. The first-order valence-electron chi connectivity index (χ1n) is 6.18. The lowest BCUT2D eigenvalue weighted by Crippen LogP contribution is -2.28. The van der Waals surface area contributed by atoms with Crippen molar-refractivity contribution in [3.8, 4) is 5.88 Å². The lowest BCUT2D eigenvalue weighted by Gasteiger charge is -2.33. The number of carbonyl (C=O) groups is 1. The van der Waals surface area contributed by atoms with E-state index in [1.807, 2.05) is 0 Å². The lowest BCUT2D eigenvalue weighted by atomic mass is 9.76. The zero-order valence-corrected chi connectivity index (χ0v) is 10.7. The third kappa shape index (κ3) is 3.18. The molecular weight excluding hydrogens is 232 g/mol. The first kappa shape index (κ1) is 12.8. The van der Waals surface area contributed by atoms with E-state index in [1.165, 1.54) is 12.4 Å². The number of hydrogen-bond donors (Lipinski definition) is 1. The van der Waals surface area contributed by atoms with Crippen molar-refractivity contribution in [2.75, 3.05) is 0 Å². The van der Waals surface area contributed by atoms with Crippen molar-refractivity contribution >= 4 is 5.97 Å². The molecule has 1 heterocycles. The minimum absolute atomic E-state index is 0.0628. The van der Waals surface area contributed by atoms with Crippen LogP contribution in [0.2, 0.25) is 0 Å². The third-order valence-electron chi connectivity index (χ3n) is 3.42. The minimum atomic E-state index is -1.08. The van der Waals surface area contributed by atoms with Gasteiger partial charge in [0.15, 0.2) is 5.69 Å². The van der Waals surface area contributed by atoms with Crippen molar-refractivity contribution in [2.24, 2.45) is 5.41 Å². The van der Waals surface area contributed by atoms with E-state index in [1.54, 1.807) is 0 Å². The molecule has 1 aliphatic rings. The quantitative estimate of drug-likeness (QED) is 0.892. The number of aromatic carboxylic acids is 1. The van der Waals surface area contributed by atoms with Crippen LogP contribution in [0.25, 0.3) is 0 Å². The topological polar surface area (TPSA) is 72.3 Å². The summed E-state index contributed by atoms with van der Waals surface area (Å²) in [5.74, 6) is -0.668. The Morgan fingerprint density at radius 1 is 1.33 bits per heavy atom. The first-order chi connectivity index (χ1) is 8.46. The van der Waals surface area contributed by atoms with Gasteiger partial charge >= 0.3 is 5.97 Å². The molecule has 2 rings (SSSR count). The van der Waals surface area contributed by atoms with E-state index in [-0.39, 0.29) is 11.8 Å². The molecule has 0 atom stereocenters. The average molecular weight is 250 g/mol. The molecule has 0 bridgehead atoms. The second kappa shape index (κ2) is 4.92. The summed E-state index contributed by atoms with van der Waals surface area (Å²) in [4.78, 5) is 18.4. The van der Waals surface area contributed by atoms with E-state index in [0.29, 0.717) is 11.3 Å². The summed E-state index contributed by atoms with van der Waals surface area (Å²) < 4.78 is 5.72. The molecule has 98 valence electrons. The molecule has 5 nitrogen and oxygen atoms in total. The van der Waals surface area contributed by atoms with Crippen molar-refractivity contribution < 1.29 is 14.6 Å². The maximum absolute atomic E-state index is 10.6. The van der Waals surface area contributed by atoms with Gasteiger partial charge in [0.1, 0.15) is 6.10 Å². The Balaban J connectivity index is 1.92. The molecule has 1 fully saturated rings. The fourth-order valence-electron chi connectivity index (χ4n) is 2.15. The molecule has 0 radical (unpaired) electrons. The molecular formula is C13H18N2O3. The molecule has 5 heteroatoms. The smallest absolute Gasteiger partial charge is 0.356 e. The van der Waals surface area contributed by atoms with Gasteiger partial charge in [0, 0.05) is 0 Å². The summed E-state index contributed by atoms with van der Waals surface area (Å²) >= 11 is 0. The van der Waals surface area contributed by atoms with Crippen molar-refractivity contribution in [2.45, 2.75) is 45.6 Å². The largest absolute Gasteiger partial charge is 0.476 e. The Labute approximate surface area is 106 Å². The molecule has 1 aliphatic carbocycles. The molecule has 1 aromatic rings. The van der Waals surface area contributed by atoms with Gasteiger partial charge in [-0.1, -0.05) is 13.8 Å². The van der Waals surface area contributed by atoms with E-state index in [9.17, 15) is 4.79 Å². The molecule has 18 heavy (non-hydrogen) atoms. The standard InChI is InChI=1S/C13H18N2O3/c1-13(2)5-3-9(4-6-13)18-11-8-14-10(7-15-11)12(16)17/h7-9H,3-6H2,1-2H3,(H,16,17). The van der Waals surface area contributed by atoms with Gasteiger partial charge < -0.3 is 9.84 Å². The molecule has 0 amide bonds. The number of aromatic nitrogens is 2. The van der Waals surface area contributed by atoms with Crippen LogP contribution < -0.4 is 4.74 Å². The number of ether oxygens (including phenoxy) is 1. The first-order valence-corrected chi connectivity index (χ1v) is 6.18. The van der Waals surface area contributed by atoms with Gasteiger partial charge in [0.25, 0.3) is 0 Å². The normalized spacial score (nSPS) is 19.4. The second-order valence-electron chi connectivity index (χ2n) is 5.53. The molecule has 0 aromatic carbocycles. The van der Waals surface area contributed by atoms with Crippen LogP contribution in [-0.4, -0.2) is 27.1 Å². The minimum Gasteiger partial charge on any atom is -0.476 e. The zero-order chi connectivity index (χ0) is 13.2. The van der Waals surface area contributed by atoms with Crippen LogP contribution in [0.5, 0.6) is 5.88 Å². The Hall–Kier alpha value is -1.65. The molecule has 1 aromatic heterocycles. The molecule has 1 N–H and O–H groups in total. The summed E-state index contributed by atoms with van der Waals surface area (Å²) in [5, 5.41) is 8.71. The van der Waals surface area contributed by atoms with Gasteiger partial charge in [-0.2, -0.15) is 0 Å². The van der Waals surface area contributed by atoms with E-state index in [4.69, 9.17) is 9.84 Å². The van der Waals surface area contributed by atoms with Crippen molar-refractivity contribution in [1.29, 1.82) is 0 Å². The Bertz CT molecular complexity index is 418. The molecule has 0 aliphatic heterocycles. The molecule has 1 saturated carbocycles. The Morgan fingerprint density at radius 3 is 2.50 bits per heavy atom. The van der Waals surface area contributed by atoms with Gasteiger partial charge in [0.05, 0.1) is 12.4 Å². The van der Waals surface area contributed by atoms with Crippen LogP contribution >= 0.6 is 0 Å². The maximum atomic E-state index is 10.6. The van der Waals surface area contributed by atoms with Gasteiger partial charge in [0.2, 0.25) is 5.88 Å². The van der Waals surface area contributed by atoms with Crippen molar-refractivity contribution in [3.63, 3.8) is 0 Å². The summed E-state index contributed by atoms with van der Waals surface area (Å²) in [6.07, 6.45) is 7.07. The van der Waals surface area contributed by atoms with E-state index in [0.717, 1.165) is 25.7 Å². The Morgan fingerprint density at radius 2 is 2.00 bits per heavy atom. The van der Waals surface area contributed by atoms with Crippen LogP contribution in [0, 0.1) is 5.41 Å². The summed E-state index contributed by atoms with van der Waals surface area (Å²) in [6.45, 7) is 4.54. The van der Waals surface area contributed by atoms with Crippen LogP contribution in [0.15, 0.2) is 12.4 Å². The Kier molecular flexibility index (Phi) is 3.50. The van der Waals surface area contributed by atoms with Crippen LogP contribution in [0.4, 0.5) is 0 Å². The third-order valence-corrected chi connectivity index (χ3v) is 3.42. The summed E-state index contributed by atoms with van der Waals surface area (Å²) in [6, 6.07) is 0. The van der Waals surface area contributed by atoms with Gasteiger partial charge in [-0.3, -0.25) is 0 Å². The summed E-state index contributed by atoms with van der Waals surface area (Å²) in [5.41, 5.74) is 0.339. The van der Waals surface area contributed by atoms with E-state index >= 15 is 0 Å². The van der Waals surface area contributed by atoms with Crippen molar-refractivity contribution in [3.05, 3.63) is 18.1 Å². The molecule has 0 spiro atoms. The van der Waals surface area contributed by atoms with Crippen LogP contribution in [-0.2, 0) is 0 Å². The number of carboxylic acids is 1. The zero-order valence-electron chi connectivity index (χ0n) is 10.7. The monoisotopic (exact) mass is 250 g/mol. The number of hydrogen-bond acceptors (Lipinski definition) is 4. The van der Waals surface area contributed by atoms with Gasteiger partial charge in [-0.15, -0.1) is 0 Å². The maximum Gasteiger partial charge on any atom is 0.356 e. The van der Waals surface area contributed by atoms with Crippen LogP contribution in [0.1, 0.15) is 50.0 Å². The predicted molar refractivity (Wildman–Crippen MR) is 65.7 cm³/mol. The fraction of sp³-hybridized carbons (Fsp3) is 0.615. The summed E-state index contributed by atoms with van der Waals surface area (Å²) in [7, 11) is 0. The second-order valence-corrected chi connectivity index (χ2v) is 5.53. The predicted octanol–water partition coefficient (Wildman–Crippen LogP) is 2.52. The fourth-order valence-corrected chi connectivity index (χ4v) is 2.15. The molecule has 0 saturated heterocycles. The van der Waals surface area contributed by atoms with Crippen LogP contribution in [0.3, 0.4) is 0 Å². The molecule has 0 unspecified atom stereocenters. The van der Waals surface area contributed by atoms with Gasteiger partial charge in [-0.25, -0.2) is 14.8 Å².